The summed E-state index contributed by atoms with van der Waals surface area (Å²) in [4.78, 5) is 35.4. The first-order chi connectivity index (χ1) is 22.5. The molecule has 0 fully saturated rings. The van der Waals surface area contributed by atoms with Crippen molar-refractivity contribution in [3.8, 4) is 23.0 Å². The summed E-state index contributed by atoms with van der Waals surface area (Å²) in [7, 11) is 3.14. The third kappa shape index (κ3) is 6.56. The smallest absolute Gasteiger partial charge is 0.193 e. The summed E-state index contributed by atoms with van der Waals surface area (Å²) < 4.78 is 23.3. The molecule has 0 amide bonds. The largest absolute Gasteiger partial charge is 0.494 e. The van der Waals surface area contributed by atoms with E-state index in [1.54, 1.807) is 99.1 Å². The van der Waals surface area contributed by atoms with Crippen LogP contribution < -0.4 is 18.9 Å². The maximum absolute atomic E-state index is 12.8. The molecule has 8 nitrogen and oxygen atoms in total. The molecule has 5 aromatic carbocycles. The summed E-state index contributed by atoms with van der Waals surface area (Å²) in [5, 5.41) is 0. The van der Waals surface area contributed by atoms with Gasteiger partial charge < -0.3 is 18.9 Å². The van der Waals surface area contributed by atoms with E-state index in [4.69, 9.17) is 28.9 Å². The standard InChI is InChI=1S/C38H30N2O6/c1-43-33-21-22-34(44-2)36-35(33)39-31(23-45-29-17-13-27(14-18-29)37(41)25-9-5-3-6-10-25)32(40-36)24-46-30-19-15-28(16-20-30)38(42)26-11-7-4-8-12-26/h3-22H,23-24H2,1-2H3. The number of carbonyl (C=O) groups excluding carboxylic acids is 2. The molecule has 8 heteroatoms. The SMILES string of the molecule is COc1ccc(OC)c2nc(COc3ccc(C(=O)c4ccccc4)cc3)c(COc3ccc(C(=O)c4ccccc4)cc3)nc12. The van der Waals surface area contributed by atoms with E-state index in [2.05, 4.69) is 0 Å². The number of rotatable bonds is 12. The van der Waals surface area contributed by atoms with E-state index in [1.165, 1.54) is 0 Å². The molecule has 1 aromatic heterocycles. The van der Waals surface area contributed by atoms with E-state index in [0.29, 0.717) is 67.7 Å². The van der Waals surface area contributed by atoms with Gasteiger partial charge in [0.25, 0.3) is 0 Å². The zero-order valence-corrected chi connectivity index (χ0v) is 25.3. The number of fused-ring (bicyclic) bond motifs is 1. The fraction of sp³-hybridized carbons (Fsp3) is 0.105. The third-order valence-corrected chi connectivity index (χ3v) is 7.40. The zero-order valence-electron chi connectivity index (χ0n) is 25.3. The monoisotopic (exact) mass is 610 g/mol. The van der Waals surface area contributed by atoms with Crippen molar-refractivity contribution < 1.29 is 28.5 Å². The lowest BCUT2D eigenvalue weighted by Gasteiger charge is -2.15. The Morgan fingerprint density at radius 1 is 0.478 bits per heavy atom. The molecule has 0 radical (unpaired) electrons. The molecule has 0 spiro atoms. The first-order valence-corrected chi connectivity index (χ1v) is 14.6. The molecule has 6 rings (SSSR count). The molecule has 0 aliphatic rings. The van der Waals surface area contributed by atoms with Crippen LogP contribution >= 0.6 is 0 Å². The molecule has 46 heavy (non-hydrogen) atoms. The normalized spacial score (nSPS) is 10.7. The van der Waals surface area contributed by atoms with Crippen molar-refractivity contribution in [2.75, 3.05) is 14.2 Å². The van der Waals surface area contributed by atoms with Crippen LogP contribution in [0.2, 0.25) is 0 Å². The van der Waals surface area contributed by atoms with Gasteiger partial charge in [0, 0.05) is 22.3 Å². The Labute approximate surface area is 266 Å². The first-order valence-electron chi connectivity index (χ1n) is 14.6. The summed E-state index contributed by atoms with van der Waals surface area (Å²) >= 11 is 0. The Kier molecular flexibility index (Phi) is 8.97. The van der Waals surface area contributed by atoms with Crippen LogP contribution in [0.1, 0.15) is 43.2 Å². The number of hydrogen-bond acceptors (Lipinski definition) is 8. The first kappa shape index (κ1) is 30.0. The lowest BCUT2D eigenvalue weighted by molar-refractivity contribution is 0.103. The highest BCUT2D eigenvalue weighted by Crippen LogP contribution is 2.32. The summed E-state index contributed by atoms with van der Waals surface area (Å²) in [6, 6.07) is 35.8. The van der Waals surface area contributed by atoms with Crippen molar-refractivity contribution in [3.63, 3.8) is 0 Å². The fourth-order valence-corrected chi connectivity index (χ4v) is 4.94. The number of nitrogens with zero attached hydrogens (tertiary/aromatic N) is 2. The molecule has 0 unspecified atom stereocenters. The van der Waals surface area contributed by atoms with Crippen LogP contribution in [-0.2, 0) is 13.2 Å². The Balaban J connectivity index is 1.23. The van der Waals surface area contributed by atoms with Crippen molar-refractivity contribution >= 4 is 22.6 Å². The molecule has 6 aromatic rings. The van der Waals surface area contributed by atoms with E-state index >= 15 is 0 Å². The van der Waals surface area contributed by atoms with Gasteiger partial charge in [0.05, 0.1) is 14.2 Å². The Morgan fingerprint density at radius 2 is 0.826 bits per heavy atom. The highest BCUT2D eigenvalue weighted by atomic mass is 16.5. The molecule has 0 N–H and O–H groups in total. The van der Waals surface area contributed by atoms with Crippen LogP contribution in [0, 0.1) is 0 Å². The van der Waals surface area contributed by atoms with Crippen molar-refractivity contribution in [2.24, 2.45) is 0 Å². The fourth-order valence-electron chi connectivity index (χ4n) is 4.94. The van der Waals surface area contributed by atoms with E-state index < -0.39 is 0 Å². The number of hydrogen-bond donors (Lipinski definition) is 0. The number of ketones is 2. The van der Waals surface area contributed by atoms with Crippen LogP contribution in [0.25, 0.3) is 11.0 Å². The molecular formula is C38H30N2O6. The molecular weight excluding hydrogens is 580 g/mol. The number of carbonyl (C=O) groups is 2. The van der Waals surface area contributed by atoms with Crippen LogP contribution in [0.4, 0.5) is 0 Å². The molecule has 0 saturated heterocycles. The van der Waals surface area contributed by atoms with Crippen LogP contribution in [0.5, 0.6) is 23.0 Å². The van der Waals surface area contributed by atoms with Crippen molar-refractivity contribution in [1.29, 1.82) is 0 Å². The van der Waals surface area contributed by atoms with Crippen molar-refractivity contribution in [3.05, 3.63) is 155 Å². The van der Waals surface area contributed by atoms with Gasteiger partial charge in [-0.3, -0.25) is 9.59 Å². The predicted molar refractivity (Wildman–Crippen MR) is 174 cm³/mol. The predicted octanol–water partition coefficient (Wildman–Crippen LogP) is 7.27. The van der Waals surface area contributed by atoms with Crippen molar-refractivity contribution in [2.45, 2.75) is 13.2 Å². The highest BCUT2D eigenvalue weighted by molar-refractivity contribution is 6.09. The minimum atomic E-state index is -0.0644. The van der Waals surface area contributed by atoms with E-state index in [1.807, 2.05) is 36.4 Å². The minimum Gasteiger partial charge on any atom is -0.494 e. The Bertz CT molecular complexity index is 1830. The molecule has 228 valence electrons. The van der Waals surface area contributed by atoms with Gasteiger partial charge >= 0.3 is 0 Å². The van der Waals surface area contributed by atoms with E-state index in [9.17, 15) is 9.59 Å². The molecule has 0 atom stereocenters. The number of aromatic nitrogens is 2. The third-order valence-electron chi connectivity index (χ3n) is 7.40. The maximum atomic E-state index is 12.8. The number of ether oxygens (including phenoxy) is 4. The van der Waals surface area contributed by atoms with Crippen LogP contribution in [0.15, 0.2) is 121 Å². The number of benzene rings is 5. The maximum Gasteiger partial charge on any atom is 0.193 e. The molecule has 1 heterocycles. The average molecular weight is 611 g/mol. The van der Waals surface area contributed by atoms with E-state index in [-0.39, 0.29) is 24.8 Å². The van der Waals surface area contributed by atoms with Gasteiger partial charge in [0.2, 0.25) is 0 Å². The molecule has 0 aliphatic heterocycles. The molecule has 0 bridgehead atoms. The van der Waals surface area contributed by atoms with Gasteiger partial charge in [0.1, 0.15) is 58.6 Å². The summed E-state index contributed by atoms with van der Waals surface area (Å²) in [6.45, 7) is 0.164. The van der Waals surface area contributed by atoms with Crippen LogP contribution in [-0.4, -0.2) is 35.8 Å². The summed E-state index contributed by atoms with van der Waals surface area (Å²) in [6.07, 6.45) is 0. The minimum absolute atomic E-state index is 0.0644. The van der Waals surface area contributed by atoms with Gasteiger partial charge in [-0.1, -0.05) is 60.7 Å². The number of methoxy groups -OCH3 is 2. The average Bonchev–Trinajstić information content (AvgIpc) is 3.13. The zero-order chi connectivity index (χ0) is 31.9. The highest BCUT2D eigenvalue weighted by Gasteiger charge is 2.18. The Morgan fingerprint density at radius 3 is 1.17 bits per heavy atom. The van der Waals surface area contributed by atoms with E-state index in [0.717, 1.165) is 0 Å². The lowest BCUT2D eigenvalue weighted by atomic mass is 10.0. The van der Waals surface area contributed by atoms with Gasteiger partial charge in [-0.05, 0) is 60.7 Å². The second kappa shape index (κ2) is 13.7. The quantitative estimate of drug-likeness (QED) is 0.134. The van der Waals surface area contributed by atoms with Crippen LogP contribution in [0.3, 0.4) is 0 Å². The van der Waals surface area contributed by atoms with Gasteiger partial charge in [-0.15, -0.1) is 0 Å². The second-order valence-electron chi connectivity index (χ2n) is 10.3. The van der Waals surface area contributed by atoms with Gasteiger partial charge in [0.15, 0.2) is 11.6 Å². The Hall–Kier alpha value is -6.02. The lowest BCUT2D eigenvalue weighted by Crippen LogP contribution is -2.10. The summed E-state index contributed by atoms with van der Waals surface area (Å²) in [5.41, 5.74) is 4.49. The molecule has 0 saturated carbocycles. The second-order valence-corrected chi connectivity index (χ2v) is 10.3. The summed E-state index contributed by atoms with van der Waals surface area (Å²) in [5.74, 6) is 2.08. The topological polar surface area (TPSA) is 96.8 Å². The van der Waals surface area contributed by atoms with Gasteiger partial charge in [-0.2, -0.15) is 0 Å². The van der Waals surface area contributed by atoms with Crippen molar-refractivity contribution in [1.82, 2.24) is 9.97 Å². The molecule has 0 aliphatic carbocycles. The van der Waals surface area contributed by atoms with Gasteiger partial charge in [-0.25, -0.2) is 9.97 Å².